The van der Waals surface area contributed by atoms with Crippen molar-refractivity contribution in [3.8, 4) is 0 Å². The minimum Gasteiger partial charge on any atom is -0.350 e. The van der Waals surface area contributed by atoms with Crippen LogP contribution in [0.4, 0.5) is 0 Å². The largest absolute Gasteiger partial charge is 0.350 e. The quantitative estimate of drug-likeness (QED) is 0.894. The zero-order chi connectivity index (χ0) is 14.6. The standard InChI is InChI=1S/C17H26N2O.ClH/c1-13(2)15-8-6-14(7-9-15)12-19-16(20)17(18)10-4-3-5-11-17;/h6-9,13H,3-5,10-12,18H2,1-2H3,(H,19,20);1H. The molecule has 0 saturated heterocycles. The maximum absolute atomic E-state index is 12.2. The van der Waals surface area contributed by atoms with Crippen molar-refractivity contribution < 1.29 is 4.79 Å². The molecule has 2 rings (SSSR count). The molecule has 1 fully saturated rings. The van der Waals surface area contributed by atoms with E-state index in [4.69, 9.17) is 5.73 Å². The van der Waals surface area contributed by atoms with E-state index >= 15 is 0 Å². The fraction of sp³-hybridized carbons (Fsp3) is 0.588. The van der Waals surface area contributed by atoms with Crippen molar-refractivity contribution in [3.63, 3.8) is 0 Å². The number of halogens is 1. The van der Waals surface area contributed by atoms with Crippen LogP contribution in [-0.4, -0.2) is 11.4 Å². The molecule has 1 aromatic rings. The molecular formula is C17H27ClN2O. The molecule has 21 heavy (non-hydrogen) atoms. The van der Waals surface area contributed by atoms with Gasteiger partial charge in [-0.1, -0.05) is 57.4 Å². The lowest BCUT2D eigenvalue weighted by Crippen LogP contribution is -2.54. The number of nitrogens with one attached hydrogen (secondary N) is 1. The van der Waals surface area contributed by atoms with Crippen molar-refractivity contribution in [2.24, 2.45) is 5.73 Å². The zero-order valence-electron chi connectivity index (χ0n) is 13.0. The predicted octanol–water partition coefficient (Wildman–Crippen LogP) is 3.51. The van der Waals surface area contributed by atoms with E-state index in [0.717, 1.165) is 31.2 Å². The molecule has 118 valence electrons. The van der Waals surface area contributed by atoms with Gasteiger partial charge in [-0.3, -0.25) is 4.79 Å². The normalized spacial score (nSPS) is 17.1. The lowest BCUT2D eigenvalue weighted by molar-refractivity contribution is -0.127. The van der Waals surface area contributed by atoms with Gasteiger partial charge in [0.05, 0.1) is 5.54 Å². The van der Waals surface area contributed by atoms with Crippen molar-refractivity contribution in [3.05, 3.63) is 35.4 Å². The molecule has 1 aliphatic carbocycles. The van der Waals surface area contributed by atoms with Crippen LogP contribution in [0.25, 0.3) is 0 Å². The van der Waals surface area contributed by atoms with E-state index < -0.39 is 5.54 Å². The molecule has 0 atom stereocenters. The van der Waals surface area contributed by atoms with Crippen LogP contribution in [-0.2, 0) is 11.3 Å². The molecule has 1 saturated carbocycles. The summed E-state index contributed by atoms with van der Waals surface area (Å²) in [5, 5.41) is 2.99. The second-order valence-electron chi connectivity index (χ2n) is 6.30. The van der Waals surface area contributed by atoms with Gasteiger partial charge in [-0.05, 0) is 29.9 Å². The van der Waals surface area contributed by atoms with Gasteiger partial charge in [0, 0.05) is 6.54 Å². The average molecular weight is 311 g/mol. The van der Waals surface area contributed by atoms with E-state index in [-0.39, 0.29) is 18.3 Å². The monoisotopic (exact) mass is 310 g/mol. The van der Waals surface area contributed by atoms with Crippen LogP contribution < -0.4 is 11.1 Å². The highest BCUT2D eigenvalue weighted by Gasteiger charge is 2.34. The van der Waals surface area contributed by atoms with E-state index in [0.29, 0.717) is 12.5 Å². The third-order valence-corrected chi connectivity index (χ3v) is 4.30. The molecule has 3 nitrogen and oxygen atoms in total. The fourth-order valence-corrected chi connectivity index (χ4v) is 2.79. The van der Waals surface area contributed by atoms with E-state index in [1.54, 1.807) is 0 Å². The number of nitrogens with two attached hydrogens (primary N) is 1. The number of carbonyl (C=O) groups excluding carboxylic acids is 1. The van der Waals surface area contributed by atoms with E-state index in [2.05, 4.69) is 43.4 Å². The minimum atomic E-state index is -0.643. The van der Waals surface area contributed by atoms with Crippen LogP contribution in [0.1, 0.15) is 63.0 Å². The molecule has 1 aromatic carbocycles. The molecule has 0 radical (unpaired) electrons. The first-order valence-corrected chi connectivity index (χ1v) is 7.67. The highest BCUT2D eigenvalue weighted by molar-refractivity contribution is 5.86. The first kappa shape index (κ1) is 18.0. The van der Waals surface area contributed by atoms with Crippen LogP contribution in [0.3, 0.4) is 0 Å². The van der Waals surface area contributed by atoms with Gasteiger partial charge in [-0.15, -0.1) is 12.4 Å². The Morgan fingerprint density at radius 2 is 1.76 bits per heavy atom. The van der Waals surface area contributed by atoms with Gasteiger partial charge in [-0.2, -0.15) is 0 Å². The third kappa shape index (κ3) is 4.72. The Labute approximate surface area is 134 Å². The average Bonchev–Trinajstić information content (AvgIpc) is 2.46. The SMILES string of the molecule is CC(C)c1ccc(CNC(=O)C2(N)CCCCC2)cc1.Cl. The van der Waals surface area contributed by atoms with Gasteiger partial charge in [0.15, 0.2) is 0 Å². The van der Waals surface area contributed by atoms with E-state index in [9.17, 15) is 4.79 Å². The molecular weight excluding hydrogens is 284 g/mol. The number of benzene rings is 1. The second kappa shape index (κ2) is 7.81. The number of amides is 1. The molecule has 1 amide bonds. The van der Waals surface area contributed by atoms with Gasteiger partial charge in [-0.25, -0.2) is 0 Å². The highest BCUT2D eigenvalue weighted by atomic mass is 35.5. The molecule has 0 heterocycles. The molecule has 0 spiro atoms. The zero-order valence-corrected chi connectivity index (χ0v) is 13.8. The van der Waals surface area contributed by atoms with Crippen LogP contribution >= 0.6 is 12.4 Å². The number of rotatable bonds is 4. The Kier molecular flexibility index (Phi) is 6.69. The molecule has 0 bridgehead atoms. The summed E-state index contributed by atoms with van der Waals surface area (Å²) >= 11 is 0. The van der Waals surface area contributed by atoms with Gasteiger partial charge in [0.25, 0.3) is 0 Å². The molecule has 1 aliphatic rings. The van der Waals surface area contributed by atoms with Gasteiger partial charge in [0.2, 0.25) is 5.91 Å². The van der Waals surface area contributed by atoms with Crippen LogP contribution in [0.5, 0.6) is 0 Å². The van der Waals surface area contributed by atoms with Crippen molar-refractivity contribution >= 4 is 18.3 Å². The van der Waals surface area contributed by atoms with Crippen molar-refractivity contribution in [1.82, 2.24) is 5.32 Å². The van der Waals surface area contributed by atoms with Gasteiger partial charge < -0.3 is 11.1 Å². The van der Waals surface area contributed by atoms with Crippen molar-refractivity contribution in [2.75, 3.05) is 0 Å². The van der Waals surface area contributed by atoms with E-state index in [1.165, 1.54) is 12.0 Å². The first-order chi connectivity index (χ1) is 9.51. The summed E-state index contributed by atoms with van der Waals surface area (Å²) in [5.41, 5.74) is 8.02. The van der Waals surface area contributed by atoms with Crippen LogP contribution in [0.2, 0.25) is 0 Å². The lowest BCUT2D eigenvalue weighted by Gasteiger charge is -2.31. The summed E-state index contributed by atoms with van der Waals surface area (Å²) in [5.74, 6) is 0.540. The number of carbonyl (C=O) groups is 1. The molecule has 3 N–H and O–H groups in total. The van der Waals surface area contributed by atoms with Crippen molar-refractivity contribution in [2.45, 2.75) is 64.0 Å². The Morgan fingerprint density at radius 1 is 1.19 bits per heavy atom. The van der Waals surface area contributed by atoms with Gasteiger partial charge >= 0.3 is 0 Å². The summed E-state index contributed by atoms with van der Waals surface area (Å²) in [4.78, 5) is 12.2. The molecule has 4 heteroatoms. The number of hydrogen-bond donors (Lipinski definition) is 2. The maximum atomic E-state index is 12.2. The summed E-state index contributed by atoms with van der Waals surface area (Å²) < 4.78 is 0. The summed E-state index contributed by atoms with van der Waals surface area (Å²) in [7, 11) is 0. The molecule has 0 aromatic heterocycles. The summed E-state index contributed by atoms with van der Waals surface area (Å²) in [6.45, 7) is 4.92. The Bertz CT molecular complexity index is 450. The van der Waals surface area contributed by atoms with Crippen molar-refractivity contribution in [1.29, 1.82) is 0 Å². The topological polar surface area (TPSA) is 55.1 Å². The molecule has 0 aliphatic heterocycles. The third-order valence-electron chi connectivity index (χ3n) is 4.30. The highest BCUT2D eigenvalue weighted by Crippen LogP contribution is 2.26. The fourth-order valence-electron chi connectivity index (χ4n) is 2.79. The van der Waals surface area contributed by atoms with Crippen LogP contribution in [0, 0.1) is 0 Å². The maximum Gasteiger partial charge on any atom is 0.240 e. The summed E-state index contributed by atoms with van der Waals surface area (Å²) in [6.07, 6.45) is 4.94. The Morgan fingerprint density at radius 3 is 2.29 bits per heavy atom. The number of hydrogen-bond acceptors (Lipinski definition) is 2. The smallest absolute Gasteiger partial charge is 0.240 e. The Hall–Kier alpha value is -1.06. The van der Waals surface area contributed by atoms with E-state index in [1.807, 2.05) is 0 Å². The predicted molar refractivity (Wildman–Crippen MR) is 89.6 cm³/mol. The Balaban J connectivity index is 0.00000220. The lowest BCUT2D eigenvalue weighted by atomic mass is 9.82. The minimum absolute atomic E-state index is 0. The molecule has 0 unspecified atom stereocenters. The van der Waals surface area contributed by atoms with Crippen LogP contribution in [0.15, 0.2) is 24.3 Å². The second-order valence-corrected chi connectivity index (χ2v) is 6.30. The van der Waals surface area contributed by atoms with Gasteiger partial charge in [0.1, 0.15) is 0 Å². The first-order valence-electron chi connectivity index (χ1n) is 7.67. The summed E-state index contributed by atoms with van der Waals surface area (Å²) in [6, 6.07) is 8.43.